The number of anilines is 1. The Balaban J connectivity index is 1.68. The lowest BCUT2D eigenvalue weighted by Crippen LogP contribution is -2.37. The van der Waals surface area contributed by atoms with E-state index in [1.165, 1.54) is 11.0 Å². The standard InChI is InChI=1S/C15H16BrFN2O2/c16-10-3-4-13(12(17)7-10)19-6-5-11(15(19)21)14(20)18-8-9-1-2-9/h3-4,7,9,11H,1-2,5-6,8H2,(H,18,20). The van der Waals surface area contributed by atoms with E-state index in [2.05, 4.69) is 21.2 Å². The number of amides is 2. The monoisotopic (exact) mass is 354 g/mol. The van der Waals surface area contributed by atoms with E-state index < -0.39 is 11.7 Å². The molecule has 2 aliphatic rings. The fourth-order valence-electron chi connectivity index (χ4n) is 2.55. The van der Waals surface area contributed by atoms with Gasteiger partial charge >= 0.3 is 0 Å². The second-order valence-electron chi connectivity index (χ2n) is 5.62. The molecule has 21 heavy (non-hydrogen) atoms. The summed E-state index contributed by atoms with van der Waals surface area (Å²) in [4.78, 5) is 25.7. The van der Waals surface area contributed by atoms with Crippen molar-refractivity contribution in [2.45, 2.75) is 19.3 Å². The van der Waals surface area contributed by atoms with Crippen molar-refractivity contribution in [3.63, 3.8) is 0 Å². The van der Waals surface area contributed by atoms with E-state index in [1.54, 1.807) is 12.1 Å². The van der Waals surface area contributed by atoms with Gasteiger partial charge in [-0.1, -0.05) is 15.9 Å². The summed E-state index contributed by atoms with van der Waals surface area (Å²) in [5, 5.41) is 2.83. The number of benzene rings is 1. The molecule has 0 aromatic heterocycles. The second-order valence-corrected chi connectivity index (χ2v) is 6.53. The molecule has 1 saturated carbocycles. The van der Waals surface area contributed by atoms with Crippen LogP contribution in [0, 0.1) is 17.7 Å². The number of rotatable bonds is 4. The van der Waals surface area contributed by atoms with Crippen LogP contribution in [0.5, 0.6) is 0 Å². The van der Waals surface area contributed by atoms with E-state index in [9.17, 15) is 14.0 Å². The van der Waals surface area contributed by atoms with Gasteiger partial charge in [0, 0.05) is 17.6 Å². The summed E-state index contributed by atoms with van der Waals surface area (Å²) < 4.78 is 14.6. The third-order valence-electron chi connectivity index (χ3n) is 3.98. The molecule has 112 valence electrons. The van der Waals surface area contributed by atoms with Crippen LogP contribution < -0.4 is 10.2 Å². The van der Waals surface area contributed by atoms with Crippen molar-refractivity contribution in [2.75, 3.05) is 18.0 Å². The van der Waals surface area contributed by atoms with Crippen molar-refractivity contribution in [3.05, 3.63) is 28.5 Å². The first kappa shape index (κ1) is 14.5. The Morgan fingerprint density at radius 3 is 2.81 bits per heavy atom. The maximum atomic E-state index is 13.9. The van der Waals surface area contributed by atoms with Crippen molar-refractivity contribution in [3.8, 4) is 0 Å². The number of hydrogen-bond acceptors (Lipinski definition) is 2. The Hall–Kier alpha value is -1.43. The summed E-state index contributed by atoms with van der Waals surface area (Å²) in [5.41, 5.74) is 0.237. The molecule has 3 rings (SSSR count). The number of carbonyl (C=O) groups excluding carboxylic acids is 2. The molecule has 1 N–H and O–H groups in total. The first-order chi connectivity index (χ1) is 10.1. The summed E-state index contributed by atoms with van der Waals surface area (Å²) in [5.74, 6) is -1.12. The largest absolute Gasteiger partial charge is 0.355 e. The van der Waals surface area contributed by atoms with Gasteiger partial charge in [-0.05, 0) is 43.4 Å². The van der Waals surface area contributed by atoms with E-state index in [4.69, 9.17) is 0 Å². The quantitative estimate of drug-likeness (QED) is 0.844. The van der Waals surface area contributed by atoms with Crippen molar-refractivity contribution in [1.29, 1.82) is 0 Å². The van der Waals surface area contributed by atoms with Gasteiger partial charge in [0.25, 0.3) is 0 Å². The smallest absolute Gasteiger partial charge is 0.239 e. The molecule has 0 spiro atoms. The van der Waals surface area contributed by atoms with Gasteiger partial charge in [0.2, 0.25) is 11.8 Å². The van der Waals surface area contributed by atoms with Crippen molar-refractivity contribution < 1.29 is 14.0 Å². The highest BCUT2D eigenvalue weighted by Crippen LogP contribution is 2.30. The van der Waals surface area contributed by atoms with Crippen LogP contribution in [0.25, 0.3) is 0 Å². The molecule has 6 heteroatoms. The van der Waals surface area contributed by atoms with Crippen molar-refractivity contribution in [2.24, 2.45) is 11.8 Å². The van der Waals surface area contributed by atoms with Gasteiger partial charge < -0.3 is 10.2 Å². The predicted octanol–water partition coefficient (Wildman–Crippen LogP) is 2.47. The summed E-state index contributed by atoms with van der Waals surface area (Å²) in [6, 6.07) is 4.57. The molecule has 1 aromatic carbocycles. The number of hydrogen-bond donors (Lipinski definition) is 1. The maximum absolute atomic E-state index is 13.9. The van der Waals surface area contributed by atoms with E-state index in [0.717, 1.165) is 12.8 Å². The topological polar surface area (TPSA) is 49.4 Å². The van der Waals surface area contributed by atoms with Crippen molar-refractivity contribution >= 4 is 33.4 Å². The summed E-state index contributed by atoms with van der Waals surface area (Å²) in [6.45, 7) is 1.02. The molecular formula is C15H16BrFN2O2. The highest BCUT2D eigenvalue weighted by atomic mass is 79.9. The van der Waals surface area contributed by atoms with Crippen LogP contribution in [0.1, 0.15) is 19.3 Å². The van der Waals surface area contributed by atoms with Crippen LogP contribution in [-0.4, -0.2) is 24.9 Å². The minimum atomic E-state index is -0.688. The number of nitrogens with zero attached hydrogens (tertiary/aromatic N) is 1. The minimum Gasteiger partial charge on any atom is -0.355 e. The highest BCUT2D eigenvalue weighted by Gasteiger charge is 2.38. The lowest BCUT2D eigenvalue weighted by Gasteiger charge is -2.17. The van der Waals surface area contributed by atoms with Crippen LogP contribution >= 0.6 is 15.9 Å². The summed E-state index contributed by atoms with van der Waals surface area (Å²) >= 11 is 3.19. The Morgan fingerprint density at radius 2 is 2.14 bits per heavy atom. The zero-order valence-electron chi connectivity index (χ0n) is 11.4. The molecule has 0 radical (unpaired) electrons. The zero-order valence-corrected chi connectivity index (χ0v) is 13.0. The molecule has 4 nitrogen and oxygen atoms in total. The predicted molar refractivity (Wildman–Crippen MR) is 80.3 cm³/mol. The number of halogens is 2. The van der Waals surface area contributed by atoms with Crippen LogP contribution in [0.4, 0.5) is 10.1 Å². The lowest BCUT2D eigenvalue weighted by molar-refractivity contribution is -0.132. The molecule has 1 aliphatic heterocycles. The Morgan fingerprint density at radius 1 is 1.38 bits per heavy atom. The SMILES string of the molecule is O=C(NCC1CC1)C1CCN(c2ccc(Br)cc2F)C1=O. The Labute approximate surface area is 130 Å². The van der Waals surface area contributed by atoms with Gasteiger partial charge in [-0.2, -0.15) is 0 Å². The number of carbonyl (C=O) groups is 2. The molecule has 2 amide bonds. The van der Waals surface area contributed by atoms with Gasteiger partial charge in [0.05, 0.1) is 5.69 Å². The molecule has 1 aliphatic carbocycles. The van der Waals surface area contributed by atoms with Gasteiger partial charge in [-0.25, -0.2) is 4.39 Å². The first-order valence-corrected chi connectivity index (χ1v) is 7.89. The molecule has 1 atom stereocenters. The van der Waals surface area contributed by atoms with Crippen molar-refractivity contribution in [1.82, 2.24) is 5.32 Å². The molecule has 1 unspecified atom stereocenters. The second kappa shape index (κ2) is 5.75. The average Bonchev–Trinajstić information content (AvgIpc) is 3.19. The molecule has 1 aromatic rings. The van der Waals surface area contributed by atoms with E-state index in [1.807, 2.05) is 0 Å². The zero-order chi connectivity index (χ0) is 15.0. The summed E-state index contributed by atoms with van der Waals surface area (Å²) in [7, 11) is 0. The van der Waals surface area contributed by atoms with Gasteiger partial charge in [-0.3, -0.25) is 9.59 Å². The number of nitrogens with one attached hydrogen (secondary N) is 1. The van der Waals surface area contributed by atoms with Gasteiger partial charge in [0.1, 0.15) is 11.7 Å². The van der Waals surface area contributed by atoms with Gasteiger partial charge in [0.15, 0.2) is 0 Å². The molecule has 2 fully saturated rings. The third-order valence-corrected chi connectivity index (χ3v) is 4.48. The molecule has 1 saturated heterocycles. The molecular weight excluding hydrogens is 339 g/mol. The molecule has 1 heterocycles. The lowest BCUT2D eigenvalue weighted by atomic mass is 10.1. The van der Waals surface area contributed by atoms with E-state index >= 15 is 0 Å². The van der Waals surface area contributed by atoms with E-state index in [-0.39, 0.29) is 17.5 Å². The van der Waals surface area contributed by atoms with Crippen LogP contribution in [0.15, 0.2) is 22.7 Å². The fraction of sp³-hybridized carbons (Fsp3) is 0.467. The van der Waals surface area contributed by atoms with Gasteiger partial charge in [-0.15, -0.1) is 0 Å². The Kier molecular flexibility index (Phi) is 3.97. The normalized spacial score (nSPS) is 21.7. The van der Waals surface area contributed by atoms with Crippen LogP contribution in [0.3, 0.4) is 0 Å². The third kappa shape index (κ3) is 3.10. The maximum Gasteiger partial charge on any atom is 0.239 e. The van der Waals surface area contributed by atoms with Crippen LogP contribution in [0.2, 0.25) is 0 Å². The first-order valence-electron chi connectivity index (χ1n) is 7.10. The fourth-order valence-corrected chi connectivity index (χ4v) is 2.89. The minimum absolute atomic E-state index is 0.230. The Bertz CT molecular complexity index is 589. The average molecular weight is 355 g/mol. The summed E-state index contributed by atoms with van der Waals surface area (Å²) in [6.07, 6.45) is 2.73. The van der Waals surface area contributed by atoms with E-state index in [0.29, 0.717) is 29.9 Å². The van der Waals surface area contributed by atoms with Crippen LogP contribution in [-0.2, 0) is 9.59 Å². The highest BCUT2D eigenvalue weighted by molar-refractivity contribution is 9.10. The molecule has 0 bridgehead atoms.